The van der Waals surface area contributed by atoms with E-state index in [9.17, 15) is 9.59 Å². The van der Waals surface area contributed by atoms with E-state index in [2.05, 4.69) is 5.32 Å². The molecule has 0 bridgehead atoms. The van der Waals surface area contributed by atoms with Crippen LogP contribution in [0, 0.1) is 0 Å². The molecule has 0 saturated carbocycles. The van der Waals surface area contributed by atoms with Crippen molar-refractivity contribution in [2.45, 2.75) is 31.1 Å². The highest BCUT2D eigenvalue weighted by Gasteiger charge is 2.38. The number of nitrogens with one attached hydrogen (secondary N) is 1. The maximum Gasteiger partial charge on any atom is 0.225 e. The number of hydrogen-bond donors (Lipinski definition) is 1. The number of rotatable bonds is 2. The van der Waals surface area contributed by atoms with Crippen molar-refractivity contribution in [3.05, 3.63) is 78.9 Å². The van der Waals surface area contributed by atoms with Gasteiger partial charge in [-0.3, -0.25) is 9.59 Å². The fraction of sp³-hybridized carbons (Fsp3) is 0.238. The van der Waals surface area contributed by atoms with Gasteiger partial charge in [0.1, 0.15) is 0 Å². The third-order valence-corrected chi connectivity index (χ3v) is 6.78. The number of allylic oxidation sites excluding steroid dienone is 2. The van der Waals surface area contributed by atoms with Crippen molar-refractivity contribution in [3.63, 3.8) is 0 Å². The average Bonchev–Trinajstić information content (AvgIpc) is 2.65. The van der Waals surface area contributed by atoms with Crippen molar-refractivity contribution in [1.29, 1.82) is 0 Å². The van der Waals surface area contributed by atoms with Gasteiger partial charge >= 0.3 is 0 Å². The van der Waals surface area contributed by atoms with Crippen LogP contribution < -0.4 is 5.32 Å². The first kappa shape index (κ1) is 19.8. The Morgan fingerprint density at radius 1 is 0.750 bits per heavy atom. The minimum absolute atomic E-state index is 0.0217. The first-order valence-electron chi connectivity index (χ1n) is 8.79. The van der Waals surface area contributed by atoms with Crippen LogP contribution in [0.3, 0.4) is 0 Å². The van der Waals surface area contributed by atoms with E-state index in [4.69, 9.17) is 46.4 Å². The zero-order valence-electron chi connectivity index (χ0n) is 14.6. The molecule has 0 fully saturated rings. The quantitative estimate of drug-likeness (QED) is 0.578. The number of benzene rings is 2. The Kier molecular flexibility index (Phi) is 5.45. The zero-order chi connectivity index (χ0) is 20.0. The Morgan fingerprint density at radius 3 is 2.00 bits per heavy atom. The number of carbonyl (C=O) groups excluding carboxylic acids is 2. The molecule has 1 amide bonds. The highest BCUT2D eigenvalue weighted by Crippen LogP contribution is 2.44. The Hall–Kier alpha value is -1.52. The lowest BCUT2D eigenvalue weighted by molar-refractivity contribution is -0.122. The summed E-state index contributed by atoms with van der Waals surface area (Å²) >= 11 is 24.3. The predicted molar refractivity (Wildman–Crippen MR) is 112 cm³/mol. The fourth-order valence-corrected chi connectivity index (χ4v) is 4.59. The molecule has 2 aromatic rings. The monoisotopic (exact) mass is 453 g/mol. The van der Waals surface area contributed by atoms with Crippen LogP contribution in [-0.2, 0) is 9.59 Å². The first-order valence-corrected chi connectivity index (χ1v) is 10.3. The second-order valence-electron chi connectivity index (χ2n) is 7.07. The molecule has 2 aliphatic rings. The van der Waals surface area contributed by atoms with Crippen LogP contribution >= 0.6 is 46.4 Å². The molecule has 2 unspecified atom stereocenters. The summed E-state index contributed by atoms with van der Waals surface area (Å²) in [6.07, 6.45) is 1.12. The van der Waals surface area contributed by atoms with Gasteiger partial charge in [0.25, 0.3) is 0 Å². The Bertz CT molecular complexity index is 1030. The minimum Gasteiger partial charge on any atom is -0.329 e. The lowest BCUT2D eigenvalue weighted by Gasteiger charge is -2.34. The van der Waals surface area contributed by atoms with Crippen LogP contribution in [0.1, 0.15) is 42.2 Å². The SMILES string of the molecule is O=C1CC(c2ccc(Cl)c(Cl)c2)C2=C(CC(c3ccc(Cl)c(Cl)c3)CC2=O)N1. The van der Waals surface area contributed by atoms with Crippen molar-refractivity contribution < 1.29 is 9.59 Å². The van der Waals surface area contributed by atoms with Crippen molar-refractivity contribution in [3.8, 4) is 0 Å². The van der Waals surface area contributed by atoms with Crippen LogP contribution in [0.5, 0.6) is 0 Å². The summed E-state index contributed by atoms with van der Waals surface area (Å²) in [6.45, 7) is 0. The van der Waals surface area contributed by atoms with E-state index in [0.717, 1.165) is 11.1 Å². The van der Waals surface area contributed by atoms with Gasteiger partial charge in [-0.2, -0.15) is 0 Å². The third kappa shape index (κ3) is 3.69. The molecule has 0 aromatic heterocycles. The lowest BCUT2D eigenvalue weighted by atomic mass is 9.73. The molecular weight excluding hydrogens is 440 g/mol. The average molecular weight is 455 g/mol. The summed E-state index contributed by atoms with van der Waals surface area (Å²) in [5, 5.41) is 4.67. The minimum atomic E-state index is -0.319. The van der Waals surface area contributed by atoms with Crippen LogP contribution in [0.15, 0.2) is 47.7 Å². The molecule has 28 heavy (non-hydrogen) atoms. The Balaban J connectivity index is 1.72. The molecule has 0 spiro atoms. The fourth-order valence-electron chi connectivity index (χ4n) is 3.98. The molecular formula is C21H15Cl4NO2. The number of carbonyl (C=O) groups is 2. The van der Waals surface area contributed by atoms with Crippen molar-refractivity contribution in [2.24, 2.45) is 0 Å². The summed E-state index contributed by atoms with van der Waals surface area (Å²) in [6, 6.07) is 10.6. The summed E-state index contributed by atoms with van der Waals surface area (Å²) in [5.74, 6) is -0.472. The zero-order valence-corrected chi connectivity index (χ0v) is 17.6. The van der Waals surface area contributed by atoms with Crippen LogP contribution in [-0.4, -0.2) is 11.7 Å². The molecule has 4 rings (SSSR count). The van der Waals surface area contributed by atoms with Crippen LogP contribution in [0.4, 0.5) is 0 Å². The molecule has 1 aliphatic heterocycles. The molecule has 3 nitrogen and oxygen atoms in total. The molecule has 1 heterocycles. The van der Waals surface area contributed by atoms with E-state index < -0.39 is 0 Å². The second kappa shape index (κ2) is 7.72. The Labute approximate surface area is 182 Å². The Morgan fingerprint density at radius 2 is 1.36 bits per heavy atom. The van der Waals surface area contributed by atoms with Gasteiger partial charge < -0.3 is 5.32 Å². The number of amides is 1. The van der Waals surface area contributed by atoms with Crippen molar-refractivity contribution in [2.75, 3.05) is 0 Å². The van der Waals surface area contributed by atoms with E-state index in [1.807, 2.05) is 12.1 Å². The van der Waals surface area contributed by atoms with E-state index in [0.29, 0.717) is 44.2 Å². The second-order valence-corrected chi connectivity index (χ2v) is 8.70. The van der Waals surface area contributed by atoms with Crippen molar-refractivity contribution in [1.82, 2.24) is 5.32 Å². The molecule has 1 N–H and O–H groups in total. The van der Waals surface area contributed by atoms with Gasteiger partial charge in [0.15, 0.2) is 5.78 Å². The summed E-state index contributed by atoms with van der Waals surface area (Å²) in [7, 11) is 0. The van der Waals surface area contributed by atoms with Crippen LogP contribution in [0.2, 0.25) is 20.1 Å². The van der Waals surface area contributed by atoms with E-state index >= 15 is 0 Å². The van der Waals surface area contributed by atoms with Gasteiger partial charge in [0.05, 0.1) is 20.1 Å². The maximum absolute atomic E-state index is 13.1. The van der Waals surface area contributed by atoms with Crippen LogP contribution in [0.25, 0.3) is 0 Å². The standard InChI is InChI=1S/C21H15Cl4NO2/c22-14-3-1-10(5-16(14)24)12-7-18-21(19(27)8-12)13(9-20(28)26-18)11-2-4-15(23)17(25)6-11/h1-6,12-13H,7-9H2,(H,26,28). The maximum atomic E-state index is 13.1. The summed E-state index contributed by atoms with van der Waals surface area (Å²) in [5.41, 5.74) is 3.09. The highest BCUT2D eigenvalue weighted by molar-refractivity contribution is 6.42. The molecule has 0 radical (unpaired) electrons. The lowest BCUT2D eigenvalue weighted by Crippen LogP contribution is -2.38. The molecule has 0 saturated heterocycles. The van der Waals surface area contributed by atoms with Gasteiger partial charge in [-0.15, -0.1) is 0 Å². The summed E-state index contributed by atoms with van der Waals surface area (Å²) in [4.78, 5) is 25.4. The van der Waals surface area contributed by atoms with E-state index in [1.165, 1.54) is 0 Å². The molecule has 7 heteroatoms. The topological polar surface area (TPSA) is 46.2 Å². The van der Waals surface area contributed by atoms with Gasteiger partial charge in [0, 0.05) is 30.0 Å². The van der Waals surface area contributed by atoms with Gasteiger partial charge in [-0.05, 0) is 47.7 Å². The molecule has 2 aromatic carbocycles. The smallest absolute Gasteiger partial charge is 0.225 e. The van der Waals surface area contributed by atoms with Crippen molar-refractivity contribution >= 4 is 58.1 Å². The molecule has 2 atom stereocenters. The number of ketones is 1. The predicted octanol–water partition coefficient (Wildman–Crippen LogP) is 6.30. The molecule has 144 valence electrons. The first-order chi connectivity index (χ1) is 13.3. The number of halogens is 4. The van der Waals surface area contributed by atoms with Gasteiger partial charge in [-0.25, -0.2) is 0 Å². The van der Waals surface area contributed by atoms with E-state index in [1.54, 1.807) is 24.3 Å². The van der Waals surface area contributed by atoms with Gasteiger partial charge in [0.2, 0.25) is 5.91 Å². The van der Waals surface area contributed by atoms with Gasteiger partial charge in [-0.1, -0.05) is 58.5 Å². The molecule has 1 aliphatic carbocycles. The highest BCUT2D eigenvalue weighted by atomic mass is 35.5. The summed E-state index contributed by atoms with van der Waals surface area (Å²) < 4.78 is 0. The largest absolute Gasteiger partial charge is 0.329 e. The van der Waals surface area contributed by atoms with E-state index in [-0.39, 0.29) is 29.9 Å². The normalized spacial score (nSPS) is 22.1. The number of Topliss-reactive ketones (excluding diaryl/α,β-unsaturated/α-hetero) is 1. The number of hydrogen-bond acceptors (Lipinski definition) is 2. The third-order valence-electron chi connectivity index (χ3n) is 5.30.